The van der Waals surface area contributed by atoms with E-state index in [0.717, 1.165) is 6.42 Å². The molecule has 1 aliphatic rings. The van der Waals surface area contributed by atoms with Crippen LogP contribution in [-0.4, -0.2) is 47.8 Å². The maximum atomic E-state index is 12.3. The van der Waals surface area contributed by atoms with Crippen molar-refractivity contribution in [3.8, 4) is 0 Å². The molecule has 0 aliphatic carbocycles. The summed E-state index contributed by atoms with van der Waals surface area (Å²) in [5.74, 6) is -1.08. The second-order valence-corrected chi connectivity index (χ2v) is 5.11. The molecule has 1 aromatic carbocycles. The van der Waals surface area contributed by atoms with Gasteiger partial charge in [-0.1, -0.05) is 30.3 Å². The molecule has 1 aliphatic heterocycles. The van der Waals surface area contributed by atoms with Crippen LogP contribution in [-0.2, 0) is 9.53 Å². The zero-order valence-corrected chi connectivity index (χ0v) is 12.0. The third kappa shape index (κ3) is 4.19. The van der Waals surface area contributed by atoms with Crippen molar-refractivity contribution in [2.75, 3.05) is 19.7 Å². The van der Waals surface area contributed by atoms with Crippen LogP contribution >= 0.6 is 0 Å². The molecule has 21 heavy (non-hydrogen) atoms. The van der Waals surface area contributed by atoms with Crippen molar-refractivity contribution in [1.82, 2.24) is 10.2 Å². The lowest BCUT2D eigenvalue weighted by Gasteiger charge is -2.25. The second-order valence-electron chi connectivity index (χ2n) is 5.11. The predicted molar refractivity (Wildman–Crippen MR) is 77.0 cm³/mol. The van der Waals surface area contributed by atoms with Gasteiger partial charge in [-0.2, -0.15) is 0 Å². The van der Waals surface area contributed by atoms with E-state index in [9.17, 15) is 14.7 Å². The number of aliphatic carboxylic acids is 1. The third-order valence-corrected chi connectivity index (χ3v) is 3.39. The Morgan fingerprint density at radius 1 is 1.38 bits per heavy atom. The Bertz CT molecular complexity index is 492. The number of carboxylic acids is 1. The lowest BCUT2D eigenvalue weighted by atomic mass is 10.1. The van der Waals surface area contributed by atoms with Gasteiger partial charge in [0.25, 0.3) is 0 Å². The summed E-state index contributed by atoms with van der Waals surface area (Å²) in [7, 11) is 0. The molecule has 1 aromatic rings. The van der Waals surface area contributed by atoms with Crippen molar-refractivity contribution in [3.63, 3.8) is 0 Å². The highest BCUT2D eigenvalue weighted by Gasteiger charge is 2.26. The van der Waals surface area contributed by atoms with E-state index in [1.54, 1.807) is 35.2 Å². The van der Waals surface area contributed by atoms with Crippen LogP contribution in [0.15, 0.2) is 30.3 Å². The number of carboxylic acid groups (broad SMARTS) is 1. The van der Waals surface area contributed by atoms with Gasteiger partial charge in [0.2, 0.25) is 0 Å². The summed E-state index contributed by atoms with van der Waals surface area (Å²) in [6.45, 7) is 3.55. The first-order valence-electron chi connectivity index (χ1n) is 7.02. The summed E-state index contributed by atoms with van der Waals surface area (Å²) >= 11 is 0. The number of amides is 2. The predicted octanol–water partition coefficient (Wildman–Crippen LogP) is 1.63. The highest BCUT2D eigenvalue weighted by atomic mass is 16.5. The standard InChI is InChI=1S/C15H20N2O4/c1-11-10-17(8-5-9-21-11)15(20)16-13(14(18)19)12-6-3-2-4-7-12/h2-4,6-7,11,13H,5,8-10H2,1H3,(H,16,20)(H,18,19)/t11?,13-/m1/s1. The first-order valence-corrected chi connectivity index (χ1v) is 7.02. The monoisotopic (exact) mass is 292 g/mol. The SMILES string of the molecule is CC1CN(C(=O)N[C@@H](C(=O)O)c2ccccc2)CCCO1. The van der Waals surface area contributed by atoms with Crippen molar-refractivity contribution in [1.29, 1.82) is 0 Å². The molecule has 1 fully saturated rings. The number of ether oxygens (including phenoxy) is 1. The van der Waals surface area contributed by atoms with Gasteiger partial charge in [-0.3, -0.25) is 0 Å². The Balaban J connectivity index is 2.06. The molecule has 2 rings (SSSR count). The highest BCUT2D eigenvalue weighted by molar-refractivity contribution is 5.83. The lowest BCUT2D eigenvalue weighted by molar-refractivity contribution is -0.139. The number of urea groups is 1. The van der Waals surface area contributed by atoms with E-state index in [2.05, 4.69) is 5.32 Å². The van der Waals surface area contributed by atoms with Crippen molar-refractivity contribution in [3.05, 3.63) is 35.9 Å². The minimum absolute atomic E-state index is 0.0433. The van der Waals surface area contributed by atoms with Gasteiger partial charge in [0.15, 0.2) is 6.04 Å². The van der Waals surface area contributed by atoms with Crippen LogP contribution in [0.3, 0.4) is 0 Å². The summed E-state index contributed by atoms with van der Waals surface area (Å²) in [4.78, 5) is 25.3. The lowest BCUT2D eigenvalue weighted by Crippen LogP contribution is -2.45. The van der Waals surface area contributed by atoms with E-state index < -0.39 is 12.0 Å². The Hall–Kier alpha value is -2.08. The third-order valence-electron chi connectivity index (χ3n) is 3.39. The first kappa shape index (κ1) is 15.3. The van der Waals surface area contributed by atoms with Crippen LogP contribution in [0.1, 0.15) is 24.9 Å². The van der Waals surface area contributed by atoms with Crippen LogP contribution in [0.25, 0.3) is 0 Å². The largest absolute Gasteiger partial charge is 0.479 e. The minimum Gasteiger partial charge on any atom is -0.479 e. The average molecular weight is 292 g/mol. The molecule has 0 bridgehead atoms. The number of hydrogen-bond acceptors (Lipinski definition) is 3. The van der Waals surface area contributed by atoms with Crippen LogP contribution < -0.4 is 5.32 Å². The molecule has 6 heteroatoms. The van der Waals surface area contributed by atoms with Gasteiger partial charge >= 0.3 is 12.0 Å². The van der Waals surface area contributed by atoms with Crippen LogP contribution in [0.4, 0.5) is 4.79 Å². The van der Waals surface area contributed by atoms with Crippen LogP contribution in [0.5, 0.6) is 0 Å². The van der Waals surface area contributed by atoms with E-state index in [1.165, 1.54) is 0 Å². The van der Waals surface area contributed by atoms with Crippen molar-refractivity contribution in [2.45, 2.75) is 25.5 Å². The zero-order chi connectivity index (χ0) is 15.2. The average Bonchev–Trinajstić information content (AvgIpc) is 2.69. The molecule has 0 radical (unpaired) electrons. The molecule has 2 atom stereocenters. The van der Waals surface area contributed by atoms with E-state index in [4.69, 9.17) is 4.74 Å². The molecule has 2 N–H and O–H groups in total. The summed E-state index contributed by atoms with van der Waals surface area (Å²) < 4.78 is 5.48. The van der Waals surface area contributed by atoms with Gasteiger partial charge in [-0.25, -0.2) is 9.59 Å². The number of nitrogens with one attached hydrogen (secondary N) is 1. The Morgan fingerprint density at radius 2 is 2.10 bits per heavy atom. The van der Waals surface area contributed by atoms with Crippen LogP contribution in [0, 0.1) is 0 Å². The van der Waals surface area contributed by atoms with Crippen LogP contribution in [0.2, 0.25) is 0 Å². The fourth-order valence-corrected chi connectivity index (χ4v) is 2.33. The number of hydrogen-bond donors (Lipinski definition) is 2. The van der Waals surface area contributed by atoms with E-state index in [-0.39, 0.29) is 12.1 Å². The molecule has 0 spiro atoms. The van der Waals surface area contributed by atoms with E-state index in [1.807, 2.05) is 6.92 Å². The van der Waals surface area contributed by atoms with Gasteiger partial charge < -0.3 is 20.1 Å². The Labute approximate surface area is 123 Å². The molecular weight excluding hydrogens is 272 g/mol. The summed E-state index contributed by atoms with van der Waals surface area (Å²) in [6.07, 6.45) is 0.708. The van der Waals surface area contributed by atoms with Crippen molar-refractivity contribution in [2.24, 2.45) is 0 Å². The normalized spacial score (nSPS) is 20.4. The second kappa shape index (κ2) is 7.08. The zero-order valence-electron chi connectivity index (χ0n) is 12.0. The van der Waals surface area contributed by atoms with Gasteiger partial charge in [-0.05, 0) is 18.9 Å². The van der Waals surface area contributed by atoms with Gasteiger partial charge in [-0.15, -0.1) is 0 Å². The fraction of sp³-hybridized carbons (Fsp3) is 0.467. The molecule has 114 valence electrons. The van der Waals surface area contributed by atoms with E-state index in [0.29, 0.717) is 25.3 Å². The smallest absolute Gasteiger partial charge is 0.330 e. The Kier molecular flexibility index (Phi) is 5.16. The number of carbonyl (C=O) groups is 2. The molecule has 0 aromatic heterocycles. The first-order chi connectivity index (χ1) is 10.1. The molecule has 1 heterocycles. The minimum atomic E-state index is -1.08. The molecule has 2 amide bonds. The molecule has 1 saturated heterocycles. The molecular formula is C15H20N2O4. The molecule has 0 saturated carbocycles. The van der Waals surface area contributed by atoms with Gasteiger partial charge in [0, 0.05) is 19.7 Å². The van der Waals surface area contributed by atoms with Crippen molar-refractivity contribution >= 4 is 12.0 Å². The quantitative estimate of drug-likeness (QED) is 0.887. The summed E-state index contributed by atoms with van der Waals surface area (Å²) in [6, 6.07) is 7.26. The van der Waals surface area contributed by atoms with Crippen molar-refractivity contribution < 1.29 is 19.4 Å². The molecule has 6 nitrogen and oxygen atoms in total. The van der Waals surface area contributed by atoms with E-state index >= 15 is 0 Å². The summed E-state index contributed by atoms with van der Waals surface area (Å²) in [5.41, 5.74) is 0.553. The maximum Gasteiger partial charge on any atom is 0.330 e. The maximum absolute atomic E-state index is 12.3. The molecule has 1 unspecified atom stereocenters. The fourth-order valence-electron chi connectivity index (χ4n) is 2.33. The number of benzene rings is 1. The van der Waals surface area contributed by atoms with Gasteiger partial charge in [0.1, 0.15) is 0 Å². The number of nitrogens with zero attached hydrogens (tertiary/aromatic N) is 1. The number of rotatable bonds is 3. The summed E-state index contributed by atoms with van der Waals surface area (Å²) in [5, 5.41) is 11.9. The Morgan fingerprint density at radius 3 is 2.76 bits per heavy atom. The van der Waals surface area contributed by atoms with Gasteiger partial charge in [0.05, 0.1) is 6.10 Å². The number of carbonyl (C=O) groups excluding carboxylic acids is 1. The topological polar surface area (TPSA) is 78.9 Å². The highest BCUT2D eigenvalue weighted by Crippen LogP contribution is 2.14.